The number of hydrogen-bond donors (Lipinski definition) is 0. The SMILES string of the molecule is CC(Cl)=Nc1ccccc1C(C)C. The average molecular weight is 196 g/mol. The summed E-state index contributed by atoms with van der Waals surface area (Å²) in [6, 6.07) is 8.08. The standard InChI is InChI=1S/C11H14ClN/c1-8(2)10-6-4-5-7-11(10)13-9(3)12/h4-8H,1-3H3. The second kappa shape index (κ2) is 4.43. The summed E-state index contributed by atoms with van der Waals surface area (Å²) in [4.78, 5) is 4.26. The zero-order valence-electron chi connectivity index (χ0n) is 8.21. The number of halogens is 1. The maximum absolute atomic E-state index is 5.74. The first kappa shape index (κ1) is 10.3. The van der Waals surface area contributed by atoms with Crippen molar-refractivity contribution < 1.29 is 0 Å². The molecular formula is C11H14ClN. The zero-order valence-corrected chi connectivity index (χ0v) is 8.97. The van der Waals surface area contributed by atoms with Crippen LogP contribution in [0.15, 0.2) is 29.3 Å². The minimum absolute atomic E-state index is 0.482. The Kier molecular flexibility index (Phi) is 3.49. The van der Waals surface area contributed by atoms with E-state index in [-0.39, 0.29) is 0 Å². The Morgan fingerprint density at radius 1 is 1.31 bits per heavy atom. The van der Waals surface area contributed by atoms with Gasteiger partial charge in [-0.1, -0.05) is 43.6 Å². The fraction of sp³-hybridized carbons (Fsp3) is 0.364. The van der Waals surface area contributed by atoms with Gasteiger partial charge in [-0.25, -0.2) is 4.99 Å². The van der Waals surface area contributed by atoms with Crippen LogP contribution in [0, 0.1) is 0 Å². The monoisotopic (exact) mass is 195 g/mol. The number of para-hydroxylation sites is 1. The van der Waals surface area contributed by atoms with Gasteiger partial charge >= 0.3 is 0 Å². The van der Waals surface area contributed by atoms with Gasteiger partial charge in [-0.15, -0.1) is 0 Å². The van der Waals surface area contributed by atoms with Gasteiger partial charge in [0.1, 0.15) is 5.17 Å². The molecule has 0 aliphatic rings. The lowest BCUT2D eigenvalue weighted by molar-refractivity contribution is 0.867. The highest BCUT2D eigenvalue weighted by Gasteiger charge is 2.03. The quantitative estimate of drug-likeness (QED) is 0.631. The van der Waals surface area contributed by atoms with E-state index in [0.717, 1.165) is 5.69 Å². The van der Waals surface area contributed by atoms with Crippen molar-refractivity contribution in [3.63, 3.8) is 0 Å². The molecule has 0 spiro atoms. The summed E-state index contributed by atoms with van der Waals surface area (Å²) < 4.78 is 0. The lowest BCUT2D eigenvalue weighted by atomic mass is 10.0. The van der Waals surface area contributed by atoms with Gasteiger partial charge in [-0.2, -0.15) is 0 Å². The van der Waals surface area contributed by atoms with Crippen LogP contribution < -0.4 is 0 Å². The maximum atomic E-state index is 5.74. The van der Waals surface area contributed by atoms with Gasteiger partial charge in [0.25, 0.3) is 0 Å². The third-order valence-corrected chi connectivity index (χ3v) is 1.92. The number of rotatable bonds is 2. The minimum atomic E-state index is 0.482. The molecule has 0 N–H and O–H groups in total. The molecule has 70 valence electrons. The maximum Gasteiger partial charge on any atom is 0.103 e. The van der Waals surface area contributed by atoms with E-state index < -0.39 is 0 Å². The summed E-state index contributed by atoms with van der Waals surface area (Å²) in [6.07, 6.45) is 0. The van der Waals surface area contributed by atoms with E-state index >= 15 is 0 Å². The van der Waals surface area contributed by atoms with Gasteiger partial charge < -0.3 is 0 Å². The molecule has 0 aliphatic heterocycles. The number of benzene rings is 1. The fourth-order valence-electron chi connectivity index (χ4n) is 1.24. The van der Waals surface area contributed by atoms with Crippen LogP contribution in [-0.4, -0.2) is 5.17 Å². The van der Waals surface area contributed by atoms with Crippen LogP contribution in [0.5, 0.6) is 0 Å². The van der Waals surface area contributed by atoms with E-state index in [4.69, 9.17) is 11.6 Å². The molecule has 0 saturated heterocycles. The fourth-order valence-corrected chi connectivity index (χ4v) is 1.33. The van der Waals surface area contributed by atoms with Gasteiger partial charge in [-0.05, 0) is 24.5 Å². The molecular weight excluding hydrogens is 182 g/mol. The molecule has 0 bridgehead atoms. The van der Waals surface area contributed by atoms with Crippen molar-refractivity contribution in [2.45, 2.75) is 26.7 Å². The summed E-state index contributed by atoms with van der Waals surface area (Å²) in [7, 11) is 0. The van der Waals surface area contributed by atoms with Crippen molar-refractivity contribution in [2.75, 3.05) is 0 Å². The molecule has 13 heavy (non-hydrogen) atoms. The molecule has 1 aromatic carbocycles. The Morgan fingerprint density at radius 2 is 1.92 bits per heavy atom. The van der Waals surface area contributed by atoms with E-state index in [1.165, 1.54) is 5.56 Å². The number of nitrogens with zero attached hydrogens (tertiary/aromatic N) is 1. The topological polar surface area (TPSA) is 12.4 Å². The third-order valence-electron chi connectivity index (χ3n) is 1.83. The molecule has 0 aliphatic carbocycles. The van der Waals surface area contributed by atoms with Gasteiger partial charge in [0.05, 0.1) is 5.69 Å². The highest BCUT2D eigenvalue weighted by Crippen LogP contribution is 2.26. The van der Waals surface area contributed by atoms with Gasteiger partial charge in [-0.3, -0.25) is 0 Å². The Hall–Kier alpha value is -0.820. The minimum Gasteiger partial charge on any atom is -0.241 e. The van der Waals surface area contributed by atoms with Crippen molar-refractivity contribution in [1.82, 2.24) is 0 Å². The predicted octanol–water partition coefficient (Wildman–Crippen LogP) is 4.10. The molecule has 2 heteroatoms. The Labute approximate surface area is 84.5 Å². The molecule has 0 atom stereocenters. The molecule has 0 amide bonds. The van der Waals surface area contributed by atoms with Crippen molar-refractivity contribution in [3.8, 4) is 0 Å². The Morgan fingerprint density at radius 3 is 2.46 bits per heavy atom. The lowest BCUT2D eigenvalue weighted by Gasteiger charge is -2.08. The first-order valence-corrected chi connectivity index (χ1v) is 4.78. The van der Waals surface area contributed by atoms with E-state index in [9.17, 15) is 0 Å². The van der Waals surface area contributed by atoms with Gasteiger partial charge in [0.15, 0.2) is 0 Å². The molecule has 1 aromatic rings. The first-order valence-electron chi connectivity index (χ1n) is 4.41. The molecule has 0 aromatic heterocycles. The van der Waals surface area contributed by atoms with Crippen LogP contribution in [0.25, 0.3) is 0 Å². The Bertz CT molecular complexity index is 312. The summed E-state index contributed by atoms with van der Waals surface area (Å²) in [5.74, 6) is 0.482. The summed E-state index contributed by atoms with van der Waals surface area (Å²) in [5.41, 5.74) is 2.22. The van der Waals surface area contributed by atoms with Crippen molar-refractivity contribution >= 4 is 22.5 Å². The second-order valence-electron chi connectivity index (χ2n) is 3.32. The number of hydrogen-bond acceptors (Lipinski definition) is 1. The third kappa shape index (κ3) is 2.85. The van der Waals surface area contributed by atoms with E-state index in [0.29, 0.717) is 11.1 Å². The van der Waals surface area contributed by atoms with Gasteiger partial charge in [0.2, 0.25) is 0 Å². The summed E-state index contributed by atoms with van der Waals surface area (Å²) in [5, 5.41) is 0.577. The Balaban J connectivity index is 3.12. The molecule has 1 rings (SSSR count). The highest BCUT2D eigenvalue weighted by molar-refractivity contribution is 6.65. The molecule has 0 fully saturated rings. The molecule has 0 saturated carbocycles. The number of aliphatic imine (C=N–C) groups is 1. The van der Waals surface area contributed by atoms with E-state index in [2.05, 4.69) is 24.9 Å². The smallest absolute Gasteiger partial charge is 0.103 e. The van der Waals surface area contributed by atoms with Crippen LogP contribution >= 0.6 is 11.6 Å². The van der Waals surface area contributed by atoms with Gasteiger partial charge in [0, 0.05) is 0 Å². The molecule has 0 unspecified atom stereocenters. The summed E-state index contributed by atoms with van der Waals surface area (Å²) in [6.45, 7) is 6.09. The van der Waals surface area contributed by atoms with E-state index in [1.54, 1.807) is 6.92 Å². The average Bonchev–Trinajstić information content (AvgIpc) is 2.03. The predicted molar refractivity (Wildman–Crippen MR) is 59.2 cm³/mol. The van der Waals surface area contributed by atoms with Crippen molar-refractivity contribution in [2.24, 2.45) is 4.99 Å². The first-order chi connectivity index (χ1) is 6.11. The molecule has 0 heterocycles. The highest BCUT2D eigenvalue weighted by atomic mass is 35.5. The molecule has 0 radical (unpaired) electrons. The zero-order chi connectivity index (χ0) is 9.84. The van der Waals surface area contributed by atoms with Crippen LogP contribution in [0.4, 0.5) is 5.69 Å². The van der Waals surface area contributed by atoms with Crippen LogP contribution in [0.1, 0.15) is 32.3 Å². The van der Waals surface area contributed by atoms with Crippen molar-refractivity contribution in [1.29, 1.82) is 0 Å². The normalized spacial score (nSPS) is 12.2. The van der Waals surface area contributed by atoms with Crippen LogP contribution in [-0.2, 0) is 0 Å². The summed E-state index contributed by atoms with van der Waals surface area (Å²) >= 11 is 5.74. The van der Waals surface area contributed by atoms with Crippen LogP contribution in [0.3, 0.4) is 0 Å². The van der Waals surface area contributed by atoms with Crippen LogP contribution in [0.2, 0.25) is 0 Å². The second-order valence-corrected chi connectivity index (χ2v) is 3.87. The van der Waals surface area contributed by atoms with Crippen molar-refractivity contribution in [3.05, 3.63) is 29.8 Å². The van der Waals surface area contributed by atoms with E-state index in [1.807, 2.05) is 18.2 Å². The molecule has 1 nitrogen and oxygen atoms in total. The largest absolute Gasteiger partial charge is 0.241 e. The lowest BCUT2D eigenvalue weighted by Crippen LogP contribution is -1.88.